The van der Waals surface area contributed by atoms with Crippen LogP contribution in [0.4, 0.5) is 0 Å². The lowest BCUT2D eigenvalue weighted by Crippen LogP contribution is -2.06. The maximum atomic E-state index is 5.65. The highest BCUT2D eigenvalue weighted by Crippen LogP contribution is 2.17. The average Bonchev–Trinajstić information content (AvgIpc) is 2.99. The van der Waals surface area contributed by atoms with Gasteiger partial charge in [-0.1, -0.05) is 6.07 Å². The molecule has 3 rings (SSSR count). The third-order valence-electron chi connectivity index (χ3n) is 3.14. The van der Waals surface area contributed by atoms with Crippen LogP contribution in [0.5, 0.6) is 0 Å². The maximum Gasteiger partial charge on any atom is 0.131 e. The Morgan fingerprint density at radius 1 is 1.33 bits per heavy atom. The number of aromatic nitrogens is 4. The van der Waals surface area contributed by atoms with Gasteiger partial charge < -0.3 is 10.3 Å². The van der Waals surface area contributed by atoms with Crippen molar-refractivity contribution < 1.29 is 0 Å². The summed E-state index contributed by atoms with van der Waals surface area (Å²) < 4.78 is 3.96. The third kappa shape index (κ3) is 1.78. The van der Waals surface area contributed by atoms with Gasteiger partial charge in [-0.05, 0) is 23.8 Å². The summed E-state index contributed by atoms with van der Waals surface area (Å²) in [7, 11) is 2.02. The fourth-order valence-corrected chi connectivity index (χ4v) is 2.10. The highest BCUT2D eigenvalue weighted by Gasteiger charge is 2.08. The number of benzene rings is 1. The molecule has 0 aliphatic rings. The molecule has 3 aromatic rings. The van der Waals surface area contributed by atoms with Crippen molar-refractivity contribution in [1.29, 1.82) is 0 Å². The van der Waals surface area contributed by atoms with Gasteiger partial charge in [0.25, 0.3) is 0 Å². The Balaban J connectivity index is 2.05. The monoisotopic (exact) mass is 241 g/mol. The van der Waals surface area contributed by atoms with Crippen LogP contribution >= 0.6 is 0 Å². The van der Waals surface area contributed by atoms with E-state index in [9.17, 15) is 0 Å². The molecule has 0 radical (unpaired) electrons. The van der Waals surface area contributed by atoms with Gasteiger partial charge in [0.2, 0.25) is 0 Å². The number of hydrogen-bond donors (Lipinski definition) is 1. The number of aryl methyl sites for hydroxylation is 1. The second-order valence-corrected chi connectivity index (χ2v) is 4.32. The molecule has 0 saturated carbocycles. The average molecular weight is 241 g/mol. The van der Waals surface area contributed by atoms with E-state index in [0.717, 1.165) is 22.4 Å². The molecule has 2 heterocycles. The molecule has 5 heteroatoms. The van der Waals surface area contributed by atoms with Crippen molar-refractivity contribution in [2.24, 2.45) is 12.8 Å². The van der Waals surface area contributed by atoms with Crippen molar-refractivity contribution in [2.75, 3.05) is 0 Å². The molecule has 2 N–H and O–H groups in total. The molecule has 0 spiro atoms. The number of fused-ring (bicyclic) bond motifs is 1. The first-order valence-electron chi connectivity index (χ1n) is 5.89. The number of nitrogens with zero attached hydrogens (tertiary/aromatic N) is 4. The molecule has 0 aliphatic heterocycles. The highest BCUT2D eigenvalue weighted by molar-refractivity contribution is 5.76. The fraction of sp³-hybridized carbons (Fsp3) is 0.231. The Kier molecular flexibility index (Phi) is 2.60. The Bertz CT molecular complexity index is 666. The Morgan fingerprint density at radius 2 is 2.22 bits per heavy atom. The molecule has 0 bridgehead atoms. The SMILES string of the molecule is Cn1c(Cn2cccn2)nc2cc(CN)ccc21. The van der Waals surface area contributed by atoms with Gasteiger partial charge in [0.1, 0.15) is 5.82 Å². The largest absolute Gasteiger partial charge is 0.330 e. The summed E-state index contributed by atoms with van der Waals surface area (Å²) in [5.74, 6) is 0.989. The van der Waals surface area contributed by atoms with E-state index in [0.29, 0.717) is 13.1 Å². The van der Waals surface area contributed by atoms with E-state index < -0.39 is 0 Å². The number of imidazole rings is 1. The summed E-state index contributed by atoms with van der Waals surface area (Å²) in [4.78, 5) is 4.64. The lowest BCUT2D eigenvalue weighted by molar-refractivity contribution is 0.636. The van der Waals surface area contributed by atoms with Crippen molar-refractivity contribution in [3.63, 3.8) is 0 Å². The van der Waals surface area contributed by atoms with Crippen molar-refractivity contribution in [3.05, 3.63) is 48.0 Å². The van der Waals surface area contributed by atoms with Crippen molar-refractivity contribution >= 4 is 11.0 Å². The lowest BCUT2D eigenvalue weighted by Gasteiger charge is -2.02. The first kappa shape index (κ1) is 11.0. The normalized spacial score (nSPS) is 11.2. The summed E-state index contributed by atoms with van der Waals surface area (Å²) in [5, 5.41) is 4.20. The smallest absolute Gasteiger partial charge is 0.131 e. The Hall–Kier alpha value is -2.14. The summed E-state index contributed by atoms with van der Waals surface area (Å²) in [6.07, 6.45) is 3.71. The van der Waals surface area contributed by atoms with E-state index in [1.165, 1.54) is 0 Å². The molecule has 5 nitrogen and oxygen atoms in total. The molecule has 1 aromatic carbocycles. The topological polar surface area (TPSA) is 61.7 Å². The fourth-order valence-electron chi connectivity index (χ4n) is 2.10. The predicted octanol–water partition coefficient (Wildman–Crippen LogP) is 1.28. The van der Waals surface area contributed by atoms with Gasteiger partial charge >= 0.3 is 0 Å². The molecule has 2 aromatic heterocycles. The van der Waals surface area contributed by atoms with Crippen LogP contribution in [0, 0.1) is 0 Å². The van der Waals surface area contributed by atoms with Gasteiger partial charge in [-0.3, -0.25) is 4.68 Å². The first-order valence-corrected chi connectivity index (χ1v) is 5.89. The molecule has 0 atom stereocenters. The Labute approximate surface area is 105 Å². The third-order valence-corrected chi connectivity index (χ3v) is 3.14. The van der Waals surface area contributed by atoms with E-state index >= 15 is 0 Å². The Morgan fingerprint density at radius 3 is 2.94 bits per heavy atom. The van der Waals surface area contributed by atoms with E-state index in [1.54, 1.807) is 6.20 Å². The van der Waals surface area contributed by atoms with E-state index in [1.807, 2.05) is 36.1 Å². The van der Waals surface area contributed by atoms with Crippen LogP contribution in [-0.2, 0) is 20.1 Å². The van der Waals surface area contributed by atoms with Gasteiger partial charge in [0.15, 0.2) is 0 Å². The zero-order valence-electron chi connectivity index (χ0n) is 10.2. The summed E-state index contributed by atoms with van der Waals surface area (Å²) >= 11 is 0. The summed E-state index contributed by atoms with van der Waals surface area (Å²) in [6, 6.07) is 8.07. The van der Waals surface area contributed by atoms with Gasteiger partial charge in [0.05, 0.1) is 17.6 Å². The minimum atomic E-state index is 0.543. The molecule has 0 saturated heterocycles. The van der Waals surface area contributed by atoms with Gasteiger partial charge in [0, 0.05) is 26.0 Å². The summed E-state index contributed by atoms with van der Waals surface area (Å²) in [6.45, 7) is 1.22. The minimum Gasteiger partial charge on any atom is -0.330 e. The highest BCUT2D eigenvalue weighted by atomic mass is 15.3. The minimum absolute atomic E-state index is 0.543. The molecular weight excluding hydrogens is 226 g/mol. The second kappa shape index (κ2) is 4.27. The van der Waals surface area contributed by atoms with Crippen molar-refractivity contribution in [3.8, 4) is 0 Å². The molecule has 92 valence electrons. The van der Waals surface area contributed by atoms with Crippen LogP contribution in [0.3, 0.4) is 0 Å². The van der Waals surface area contributed by atoms with Gasteiger partial charge in [-0.25, -0.2) is 4.98 Å². The molecule has 0 fully saturated rings. The van der Waals surface area contributed by atoms with Crippen molar-refractivity contribution in [2.45, 2.75) is 13.1 Å². The quantitative estimate of drug-likeness (QED) is 0.751. The van der Waals surface area contributed by atoms with Crippen LogP contribution in [-0.4, -0.2) is 19.3 Å². The molecular formula is C13H15N5. The molecule has 0 unspecified atom stereocenters. The predicted molar refractivity (Wildman–Crippen MR) is 69.9 cm³/mol. The lowest BCUT2D eigenvalue weighted by atomic mass is 10.2. The molecule has 18 heavy (non-hydrogen) atoms. The second-order valence-electron chi connectivity index (χ2n) is 4.32. The van der Waals surface area contributed by atoms with Crippen LogP contribution in [0.25, 0.3) is 11.0 Å². The van der Waals surface area contributed by atoms with E-state index in [4.69, 9.17) is 5.73 Å². The van der Waals surface area contributed by atoms with Crippen LogP contribution in [0.1, 0.15) is 11.4 Å². The zero-order chi connectivity index (χ0) is 12.5. The summed E-state index contributed by atoms with van der Waals surface area (Å²) in [5.41, 5.74) is 8.86. The van der Waals surface area contributed by atoms with E-state index in [-0.39, 0.29) is 0 Å². The van der Waals surface area contributed by atoms with Crippen LogP contribution < -0.4 is 5.73 Å². The maximum absolute atomic E-state index is 5.65. The van der Waals surface area contributed by atoms with Gasteiger partial charge in [-0.2, -0.15) is 5.10 Å². The van der Waals surface area contributed by atoms with Crippen LogP contribution in [0.2, 0.25) is 0 Å². The zero-order valence-corrected chi connectivity index (χ0v) is 10.2. The molecule has 0 amide bonds. The standard InChI is InChI=1S/C13H15N5/c1-17-12-4-3-10(8-14)7-11(12)16-13(17)9-18-6-2-5-15-18/h2-7H,8-9,14H2,1H3. The van der Waals surface area contributed by atoms with E-state index in [2.05, 4.69) is 20.7 Å². The van der Waals surface area contributed by atoms with Crippen molar-refractivity contribution in [1.82, 2.24) is 19.3 Å². The molecule has 0 aliphatic carbocycles. The number of hydrogen-bond acceptors (Lipinski definition) is 3. The van der Waals surface area contributed by atoms with Gasteiger partial charge in [-0.15, -0.1) is 0 Å². The number of nitrogens with two attached hydrogens (primary N) is 1. The first-order chi connectivity index (χ1) is 8.78. The van der Waals surface area contributed by atoms with Crippen LogP contribution in [0.15, 0.2) is 36.7 Å². The number of rotatable bonds is 3.